The van der Waals surface area contributed by atoms with Crippen molar-refractivity contribution in [2.24, 2.45) is 0 Å². The van der Waals surface area contributed by atoms with Gasteiger partial charge in [-0.3, -0.25) is 4.98 Å². The molecule has 0 saturated carbocycles. The fourth-order valence-corrected chi connectivity index (χ4v) is 1.79. The molecule has 0 radical (unpaired) electrons. The summed E-state index contributed by atoms with van der Waals surface area (Å²) in [7, 11) is 0. The van der Waals surface area contributed by atoms with Gasteiger partial charge in [-0.05, 0) is 41.7 Å². The number of rotatable bonds is 4. The Bertz CT molecular complexity index is 417. The molecule has 16 heavy (non-hydrogen) atoms. The van der Waals surface area contributed by atoms with Gasteiger partial charge in [-0.2, -0.15) is 0 Å². The third-order valence-corrected chi connectivity index (χ3v) is 2.79. The van der Waals surface area contributed by atoms with E-state index in [1.165, 1.54) is 36.0 Å². The van der Waals surface area contributed by atoms with Gasteiger partial charge in [-0.25, -0.2) is 0 Å². The summed E-state index contributed by atoms with van der Waals surface area (Å²) in [6, 6.07) is 12.9. The SMILES string of the molecule is CCCCc1ccc(-c2ccncc2)cc1. The summed E-state index contributed by atoms with van der Waals surface area (Å²) >= 11 is 0. The summed E-state index contributed by atoms with van der Waals surface area (Å²) in [5.41, 5.74) is 3.93. The summed E-state index contributed by atoms with van der Waals surface area (Å²) in [5.74, 6) is 0. The first-order valence-electron chi connectivity index (χ1n) is 5.89. The maximum atomic E-state index is 4.03. The van der Waals surface area contributed by atoms with E-state index in [1.807, 2.05) is 24.5 Å². The van der Waals surface area contributed by atoms with Crippen molar-refractivity contribution < 1.29 is 0 Å². The van der Waals surface area contributed by atoms with Crippen LogP contribution in [0, 0.1) is 0 Å². The fourth-order valence-electron chi connectivity index (χ4n) is 1.79. The molecule has 2 aromatic rings. The van der Waals surface area contributed by atoms with E-state index in [9.17, 15) is 0 Å². The van der Waals surface area contributed by atoms with E-state index in [0.717, 1.165) is 0 Å². The Balaban J connectivity index is 2.13. The predicted octanol–water partition coefficient (Wildman–Crippen LogP) is 4.09. The van der Waals surface area contributed by atoms with Crippen molar-refractivity contribution in [1.82, 2.24) is 4.98 Å². The average molecular weight is 211 g/mol. The lowest BCUT2D eigenvalue weighted by Crippen LogP contribution is -1.85. The molecular formula is C15H17N. The molecule has 0 bridgehead atoms. The van der Waals surface area contributed by atoms with E-state index in [2.05, 4.69) is 36.2 Å². The average Bonchev–Trinajstić information content (AvgIpc) is 2.38. The standard InChI is InChI=1S/C15H17N/c1-2-3-4-13-5-7-14(8-6-13)15-9-11-16-12-10-15/h5-12H,2-4H2,1H3. The first-order chi connectivity index (χ1) is 7.90. The maximum absolute atomic E-state index is 4.03. The zero-order valence-electron chi connectivity index (χ0n) is 9.69. The van der Waals surface area contributed by atoms with Crippen LogP contribution in [0.25, 0.3) is 11.1 Å². The van der Waals surface area contributed by atoms with Crippen molar-refractivity contribution in [3.05, 3.63) is 54.4 Å². The number of hydrogen-bond acceptors (Lipinski definition) is 1. The topological polar surface area (TPSA) is 12.9 Å². The number of pyridine rings is 1. The van der Waals surface area contributed by atoms with Crippen molar-refractivity contribution in [2.45, 2.75) is 26.2 Å². The molecule has 0 aliphatic heterocycles. The molecular weight excluding hydrogens is 194 g/mol. The van der Waals surface area contributed by atoms with Gasteiger partial charge in [-0.1, -0.05) is 37.6 Å². The number of nitrogens with zero attached hydrogens (tertiary/aromatic N) is 1. The second-order valence-electron chi connectivity index (χ2n) is 4.04. The molecule has 1 nitrogen and oxygen atoms in total. The summed E-state index contributed by atoms with van der Waals surface area (Å²) < 4.78 is 0. The number of unbranched alkanes of at least 4 members (excludes halogenated alkanes) is 1. The molecule has 0 aliphatic rings. The fraction of sp³-hybridized carbons (Fsp3) is 0.267. The van der Waals surface area contributed by atoms with Crippen LogP contribution in [0.4, 0.5) is 0 Å². The Morgan fingerprint density at radius 3 is 2.12 bits per heavy atom. The van der Waals surface area contributed by atoms with Gasteiger partial charge >= 0.3 is 0 Å². The molecule has 0 unspecified atom stereocenters. The van der Waals surface area contributed by atoms with Gasteiger partial charge in [0.15, 0.2) is 0 Å². The Hall–Kier alpha value is -1.63. The van der Waals surface area contributed by atoms with Crippen LogP contribution in [0.3, 0.4) is 0 Å². The van der Waals surface area contributed by atoms with Crippen LogP contribution in [-0.4, -0.2) is 4.98 Å². The van der Waals surface area contributed by atoms with Crippen LogP contribution in [0.2, 0.25) is 0 Å². The first kappa shape index (κ1) is 10.9. The minimum atomic E-state index is 1.19. The lowest BCUT2D eigenvalue weighted by Gasteiger charge is -2.03. The monoisotopic (exact) mass is 211 g/mol. The van der Waals surface area contributed by atoms with Crippen LogP contribution in [0.15, 0.2) is 48.8 Å². The number of aryl methyl sites for hydroxylation is 1. The highest BCUT2D eigenvalue weighted by molar-refractivity contribution is 5.62. The van der Waals surface area contributed by atoms with E-state index in [1.54, 1.807) is 0 Å². The Morgan fingerprint density at radius 1 is 0.875 bits per heavy atom. The Morgan fingerprint density at radius 2 is 1.50 bits per heavy atom. The van der Waals surface area contributed by atoms with Gasteiger partial charge in [0.05, 0.1) is 0 Å². The lowest BCUT2D eigenvalue weighted by atomic mass is 10.0. The van der Waals surface area contributed by atoms with Crippen molar-refractivity contribution in [1.29, 1.82) is 0 Å². The van der Waals surface area contributed by atoms with Crippen molar-refractivity contribution in [3.8, 4) is 11.1 Å². The second kappa shape index (κ2) is 5.45. The highest BCUT2D eigenvalue weighted by atomic mass is 14.6. The van der Waals surface area contributed by atoms with E-state index < -0.39 is 0 Å². The third-order valence-electron chi connectivity index (χ3n) is 2.79. The van der Waals surface area contributed by atoms with Crippen LogP contribution >= 0.6 is 0 Å². The third kappa shape index (κ3) is 2.69. The number of benzene rings is 1. The molecule has 0 spiro atoms. The molecule has 0 atom stereocenters. The van der Waals surface area contributed by atoms with E-state index in [0.29, 0.717) is 0 Å². The summed E-state index contributed by atoms with van der Waals surface area (Å²) in [6.45, 7) is 2.23. The van der Waals surface area contributed by atoms with E-state index >= 15 is 0 Å². The molecule has 0 aliphatic carbocycles. The molecule has 1 heterocycles. The highest BCUT2D eigenvalue weighted by Crippen LogP contribution is 2.19. The van der Waals surface area contributed by atoms with Crippen LogP contribution in [0.5, 0.6) is 0 Å². The molecule has 2 rings (SSSR count). The zero-order valence-corrected chi connectivity index (χ0v) is 9.69. The first-order valence-corrected chi connectivity index (χ1v) is 5.89. The highest BCUT2D eigenvalue weighted by Gasteiger charge is 1.97. The quantitative estimate of drug-likeness (QED) is 0.742. The van der Waals surface area contributed by atoms with Gasteiger partial charge in [-0.15, -0.1) is 0 Å². The molecule has 0 fully saturated rings. The molecule has 82 valence electrons. The van der Waals surface area contributed by atoms with Gasteiger partial charge in [0, 0.05) is 12.4 Å². The van der Waals surface area contributed by atoms with E-state index in [4.69, 9.17) is 0 Å². The van der Waals surface area contributed by atoms with Crippen molar-refractivity contribution >= 4 is 0 Å². The molecule has 0 amide bonds. The minimum Gasteiger partial charge on any atom is -0.265 e. The number of hydrogen-bond donors (Lipinski definition) is 0. The van der Waals surface area contributed by atoms with Gasteiger partial charge in [0.2, 0.25) is 0 Å². The van der Waals surface area contributed by atoms with Crippen LogP contribution in [-0.2, 0) is 6.42 Å². The molecule has 1 heteroatoms. The molecule has 1 aromatic heterocycles. The summed E-state index contributed by atoms with van der Waals surface area (Å²) in [4.78, 5) is 4.03. The number of aromatic nitrogens is 1. The molecule has 0 saturated heterocycles. The van der Waals surface area contributed by atoms with Crippen LogP contribution in [0.1, 0.15) is 25.3 Å². The van der Waals surface area contributed by atoms with Gasteiger partial charge in [0.25, 0.3) is 0 Å². The zero-order chi connectivity index (χ0) is 11.2. The van der Waals surface area contributed by atoms with Gasteiger partial charge in [0.1, 0.15) is 0 Å². The normalized spacial score (nSPS) is 10.3. The van der Waals surface area contributed by atoms with Crippen molar-refractivity contribution in [3.63, 3.8) is 0 Å². The maximum Gasteiger partial charge on any atom is 0.0273 e. The second-order valence-corrected chi connectivity index (χ2v) is 4.04. The van der Waals surface area contributed by atoms with E-state index in [-0.39, 0.29) is 0 Å². The largest absolute Gasteiger partial charge is 0.265 e. The molecule has 0 N–H and O–H groups in total. The molecule has 1 aromatic carbocycles. The smallest absolute Gasteiger partial charge is 0.0273 e. The minimum absolute atomic E-state index is 1.19. The Kier molecular flexibility index (Phi) is 3.71. The Labute approximate surface area is 97.2 Å². The predicted molar refractivity (Wildman–Crippen MR) is 68.3 cm³/mol. The van der Waals surface area contributed by atoms with Crippen LogP contribution < -0.4 is 0 Å². The summed E-state index contributed by atoms with van der Waals surface area (Å²) in [5, 5.41) is 0. The van der Waals surface area contributed by atoms with Gasteiger partial charge < -0.3 is 0 Å². The summed E-state index contributed by atoms with van der Waals surface area (Å²) in [6.07, 6.45) is 7.38. The lowest BCUT2D eigenvalue weighted by molar-refractivity contribution is 0.795. The van der Waals surface area contributed by atoms with Crippen molar-refractivity contribution in [2.75, 3.05) is 0 Å².